The molecule has 3 N–H and O–H groups in total. The number of hydrogen-bond donors (Lipinski definition) is 2. The lowest BCUT2D eigenvalue weighted by Crippen LogP contribution is -2.20. The van der Waals surface area contributed by atoms with E-state index in [-0.39, 0.29) is 0 Å². The molecule has 1 atom stereocenters. The first kappa shape index (κ1) is 17.4. The largest absolute Gasteiger partial charge is 0.491 e. The number of benzene rings is 2. The first-order valence-electron chi connectivity index (χ1n) is 8.50. The molecule has 0 amide bonds. The number of anilines is 1. The van der Waals surface area contributed by atoms with Crippen LogP contribution in [0, 0.1) is 0 Å². The minimum Gasteiger partial charge on any atom is -0.491 e. The van der Waals surface area contributed by atoms with Crippen LogP contribution in [0.25, 0.3) is 0 Å². The monoisotopic (exact) mass is 312 g/mol. The fraction of sp³-hybridized carbons (Fsp3) is 0.400. The zero-order chi connectivity index (χ0) is 16.5. The topological polar surface area (TPSA) is 47.3 Å². The van der Waals surface area contributed by atoms with Gasteiger partial charge in [0.2, 0.25) is 0 Å². The number of rotatable bonds is 9. The van der Waals surface area contributed by atoms with Crippen molar-refractivity contribution in [1.82, 2.24) is 5.32 Å². The molecular weight excluding hydrogens is 284 g/mol. The van der Waals surface area contributed by atoms with Crippen LogP contribution in [0.2, 0.25) is 0 Å². The maximum Gasteiger partial charge on any atom is 0.142 e. The third-order valence-corrected chi connectivity index (χ3v) is 3.93. The van der Waals surface area contributed by atoms with Crippen molar-refractivity contribution in [2.75, 3.05) is 18.9 Å². The molecule has 0 heterocycles. The summed E-state index contributed by atoms with van der Waals surface area (Å²) >= 11 is 0. The Morgan fingerprint density at radius 1 is 1.13 bits per heavy atom. The molecule has 23 heavy (non-hydrogen) atoms. The molecule has 0 aliphatic heterocycles. The van der Waals surface area contributed by atoms with Crippen molar-refractivity contribution in [1.29, 1.82) is 0 Å². The number of hydrogen-bond acceptors (Lipinski definition) is 3. The molecule has 0 bridgehead atoms. The zero-order valence-electron chi connectivity index (χ0n) is 14.2. The SMILES string of the molecule is CCCOc1ccc(CCCNC(C)c2ccccc2)cc1N. The Morgan fingerprint density at radius 3 is 2.61 bits per heavy atom. The van der Waals surface area contributed by atoms with Gasteiger partial charge in [0, 0.05) is 6.04 Å². The first-order valence-corrected chi connectivity index (χ1v) is 8.50. The Morgan fingerprint density at radius 2 is 1.91 bits per heavy atom. The lowest BCUT2D eigenvalue weighted by atomic mass is 10.1. The van der Waals surface area contributed by atoms with Gasteiger partial charge in [0.05, 0.1) is 12.3 Å². The second kappa shape index (κ2) is 9.21. The molecule has 0 aromatic heterocycles. The molecular formula is C20H28N2O. The molecule has 0 spiro atoms. The molecule has 3 heteroatoms. The summed E-state index contributed by atoms with van der Waals surface area (Å²) in [6.07, 6.45) is 3.10. The van der Waals surface area contributed by atoms with Crippen molar-refractivity contribution in [2.45, 2.75) is 39.2 Å². The molecule has 0 aliphatic rings. The summed E-state index contributed by atoms with van der Waals surface area (Å²) in [5, 5.41) is 3.57. The van der Waals surface area contributed by atoms with Gasteiger partial charge in [-0.25, -0.2) is 0 Å². The zero-order valence-corrected chi connectivity index (χ0v) is 14.2. The van der Waals surface area contributed by atoms with Gasteiger partial charge in [-0.3, -0.25) is 0 Å². The van der Waals surface area contributed by atoms with Gasteiger partial charge < -0.3 is 15.8 Å². The minimum atomic E-state index is 0.381. The van der Waals surface area contributed by atoms with E-state index in [2.05, 4.69) is 55.6 Å². The van der Waals surface area contributed by atoms with Gasteiger partial charge in [0.25, 0.3) is 0 Å². The fourth-order valence-electron chi connectivity index (χ4n) is 2.57. The normalized spacial score (nSPS) is 12.1. The number of aryl methyl sites for hydroxylation is 1. The average molecular weight is 312 g/mol. The number of nitrogens with two attached hydrogens (primary N) is 1. The summed E-state index contributed by atoms with van der Waals surface area (Å²) in [5.74, 6) is 0.798. The summed E-state index contributed by atoms with van der Waals surface area (Å²) in [6, 6.07) is 17.0. The number of ether oxygens (including phenoxy) is 1. The average Bonchev–Trinajstić information content (AvgIpc) is 2.58. The van der Waals surface area contributed by atoms with Crippen molar-refractivity contribution < 1.29 is 4.74 Å². The third-order valence-electron chi connectivity index (χ3n) is 3.93. The van der Waals surface area contributed by atoms with Crippen LogP contribution in [0.1, 0.15) is 43.9 Å². The van der Waals surface area contributed by atoms with E-state index in [1.165, 1.54) is 11.1 Å². The second-order valence-corrected chi connectivity index (χ2v) is 5.91. The Labute approximate surface area is 139 Å². The molecule has 3 nitrogen and oxygen atoms in total. The maximum absolute atomic E-state index is 6.05. The van der Waals surface area contributed by atoms with Crippen LogP contribution < -0.4 is 15.8 Å². The Balaban J connectivity index is 1.75. The van der Waals surface area contributed by atoms with Gasteiger partial charge in [0.1, 0.15) is 5.75 Å². The predicted molar refractivity (Wildman–Crippen MR) is 97.8 cm³/mol. The Bertz CT molecular complexity index is 583. The number of nitrogens with one attached hydrogen (secondary N) is 1. The van der Waals surface area contributed by atoms with Gasteiger partial charge in [-0.05, 0) is 56.0 Å². The molecule has 0 aliphatic carbocycles. The Hall–Kier alpha value is -2.00. The molecule has 1 unspecified atom stereocenters. The summed E-state index contributed by atoms with van der Waals surface area (Å²) in [4.78, 5) is 0. The highest BCUT2D eigenvalue weighted by Gasteiger charge is 2.04. The number of nitrogen functional groups attached to an aromatic ring is 1. The fourth-order valence-corrected chi connectivity index (χ4v) is 2.57. The van der Waals surface area contributed by atoms with Gasteiger partial charge in [-0.2, -0.15) is 0 Å². The highest BCUT2D eigenvalue weighted by atomic mass is 16.5. The van der Waals surface area contributed by atoms with Crippen LogP contribution in [0.5, 0.6) is 5.75 Å². The van der Waals surface area contributed by atoms with Crippen LogP contribution in [-0.4, -0.2) is 13.2 Å². The standard InChI is InChI=1S/C20H28N2O/c1-3-14-23-20-12-11-17(15-19(20)21)8-7-13-22-16(2)18-9-5-4-6-10-18/h4-6,9-12,15-16,22H,3,7-8,13-14,21H2,1-2H3. The van der Waals surface area contributed by atoms with Gasteiger partial charge >= 0.3 is 0 Å². The molecule has 0 saturated carbocycles. The van der Waals surface area contributed by atoms with Crippen LogP contribution in [0.3, 0.4) is 0 Å². The molecule has 2 aromatic carbocycles. The van der Waals surface area contributed by atoms with E-state index in [1.54, 1.807) is 0 Å². The van der Waals surface area contributed by atoms with Gasteiger partial charge in [-0.15, -0.1) is 0 Å². The summed E-state index contributed by atoms with van der Waals surface area (Å²) in [5.41, 5.74) is 9.38. The van der Waals surface area contributed by atoms with E-state index in [1.807, 2.05) is 12.1 Å². The van der Waals surface area contributed by atoms with Crippen LogP contribution in [0.15, 0.2) is 48.5 Å². The second-order valence-electron chi connectivity index (χ2n) is 5.91. The van der Waals surface area contributed by atoms with E-state index in [0.717, 1.165) is 37.2 Å². The molecule has 0 saturated heterocycles. The van der Waals surface area contributed by atoms with Crippen molar-refractivity contribution in [3.63, 3.8) is 0 Å². The van der Waals surface area contributed by atoms with Crippen molar-refractivity contribution in [2.24, 2.45) is 0 Å². The van der Waals surface area contributed by atoms with E-state index in [0.29, 0.717) is 12.6 Å². The highest BCUT2D eigenvalue weighted by Crippen LogP contribution is 2.23. The summed E-state index contributed by atoms with van der Waals surface area (Å²) in [7, 11) is 0. The van der Waals surface area contributed by atoms with Crippen LogP contribution >= 0.6 is 0 Å². The van der Waals surface area contributed by atoms with Crippen LogP contribution in [0.4, 0.5) is 5.69 Å². The third kappa shape index (κ3) is 5.61. The first-order chi connectivity index (χ1) is 11.2. The van der Waals surface area contributed by atoms with E-state index < -0.39 is 0 Å². The molecule has 124 valence electrons. The lowest BCUT2D eigenvalue weighted by molar-refractivity contribution is 0.319. The van der Waals surface area contributed by atoms with E-state index in [9.17, 15) is 0 Å². The maximum atomic E-state index is 6.05. The minimum absolute atomic E-state index is 0.381. The summed E-state index contributed by atoms with van der Waals surface area (Å²) in [6.45, 7) is 6.00. The lowest BCUT2D eigenvalue weighted by Gasteiger charge is -2.14. The van der Waals surface area contributed by atoms with E-state index >= 15 is 0 Å². The molecule has 2 rings (SSSR count). The summed E-state index contributed by atoms with van der Waals surface area (Å²) < 4.78 is 5.61. The molecule has 0 fully saturated rings. The van der Waals surface area contributed by atoms with Crippen molar-refractivity contribution >= 4 is 5.69 Å². The quantitative estimate of drug-likeness (QED) is 0.535. The highest BCUT2D eigenvalue weighted by molar-refractivity contribution is 5.54. The van der Waals surface area contributed by atoms with Crippen molar-refractivity contribution in [3.8, 4) is 5.75 Å². The smallest absolute Gasteiger partial charge is 0.142 e. The molecule has 0 radical (unpaired) electrons. The van der Waals surface area contributed by atoms with Crippen molar-refractivity contribution in [3.05, 3.63) is 59.7 Å². The predicted octanol–water partition coefficient (Wildman–Crippen LogP) is 4.34. The molecule has 2 aromatic rings. The van der Waals surface area contributed by atoms with Crippen LogP contribution in [-0.2, 0) is 6.42 Å². The Kier molecular flexibility index (Phi) is 6.95. The van der Waals surface area contributed by atoms with Gasteiger partial charge in [-0.1, -0.05) is 43.3 Å². The van der Waals surface area contributed by atoms with E-state index in [4.69, 9.17) is 10.5 Å². The van der Waals surface area contributed by atoms with Gasteiger partial charge in [0.15, 0.2) is 0 Å².